The minimum absolute atomic E-state index is 0.0192. The van der Waals surface area contributed by atoms with Crippen molar-refractivity contribution in [1.29, 1.82) is 0 Å². The van der Waals surface area contributed by atoms with Crippen molar-refractivity contribution in [3.05, 3.63) is 71.9 Å². The Bertz CT molecular complexity index is 1030. The summed E-state index contributed by atoms with van der Waals surface area (Å²) in [5.41, 5.74) is 4.48. The molecule has 0 atom stereocenters. The molecule has 0 saturated heterocycles. The van der Waals surface area contributed by atoms with E-state index in [1.54, 1.807) is 29.2 Å². The molecule has 1 aromatic heterocycles. The molecule has 0 radical (unpaired) electrons. The number of H-pyrrole nitrogens is 1. The number of nitrogens with one attached hydrogen (secondary N) is 3. The molecule has 0 aliphatic carbocycles. The Hall–Kier alpha value is -3.61. The van der Waals surface area contributed by atoms with Gasteiger partial charge in [0.2, 0.25) is 0 Å². The Morgan fingerprint density at radius 1 is 1.00 bits per heavy atom. The van der Waals surface area contributed by atoms with Crippen LogP contribution >= 0.6 is 0 Å². The van der Waals surface area contributed by atoms with E-state index < -0.39 is 0 Å². The topological polar surface area (TPSA) is 90.1 Å². The Labute approximate surface area is 195 Å². The van der Waals surface area contributed by atoms with Gasteiger partial charge >= 0.3 is 6.03 Å². The minimum Gasteiger partial charge on any atom is -0.342 e. The van der Waals surface area contributed by atoms with E-state index in [4.69, 9.17) is 0 Å². The van der Waals surface area contributed by atoms with Gasteiger partial charge in [0.1, 0.15) is 0 Å². The largest absolute Gasteiger partial charge is 0.342 e. The molecule has 7 heteroatoms. The van der Waals surface area contributed by atoms with E-state index in [9.17, 15) is 9.59 Å². The van der Waals surface area contributed by atoms with Crippen molar-refractivity contribution in [3.8, 4) is 11.3 Å². The molecule has 3 rings (SSSR count). The molecule has 2 aromatic carbocycles. The third-order valence-electron chi connectivity index (χ3n) is 5.30. The van der Waals surface area contributed by atoms with Crippen LogP contribution < -0.4 is 10.6 Å². The number of aryl methyl sites for hydroxylation is 1. The van der Waals surface area contributed by atoms with Crippen LogP contribution in [0.15, 0.2) is 60.7 Å². The smallest absolute Gasteiger partial charge is 0.319 e. The highest BCUT2D eigenvalue weighted by Gasteiger charge is 2.12. The summed E-state index contributed by atoms with van der Waals surface area (Å²) in [6.07, 6.45) is 3.95. The third-order valence-corrected chi connectivity index (χ3v) is 5.30. The molecular formula is C26H33N5O2. The maximum Gasteiger partial charge on any atom is 0.319 e. The Morgan fingerprint density at radius 3 is 2.42 bits per heavy atom. The lowest BCUT2D eigenvalue weighted by Gasteiger charge is -2.17. The van der Waals surface area contributed by atoms with Crippen LogP contribution in [-0.4, -0.2) is 46.7 Å². The van der Waals surface area contributed by atoms with E-state index >= 15 is 0 Å². The number of hydrogen-bond acceptors (Lipinski definition) is 3. The fraction of sp³-hybridized carbons (Fsp3) is 0.346. The molecule has 0 bridgehead atoms. The van der Waals surface area contributed by atoms with Gasteiger partial charge in [0.15, 0.2) is 0 Å². The predicted molar refractivity (Wildman–Crippen MR) is 132 cm³/mol. The van der Waals surface area contributed by atoms with Crippen molar-refractivity contribution < 1.29 is 9.59 Å². The molecule has 0 fully saturated rings. The summed E-state index contributed by atoms with van der Waals surface area (Å²) < 4.78 is 0. The number of rotatable bonds is 10. The lowest BCUT2D eigenvalue weighted by atomic mass is 10.1. The second kappa shape index (κ2) is 11.9. The molecule has 3 aromatic rings. The number of amides is 3. The number of carbonyl (C=O) groups is 2. The van der Waals surface area contributed by atoms with Gasteiger partial charge in [-0.05, 0) is 63.4 Å². The monoisotopic (exact) mass is 447 g/mol. The fourth-order valence-electron chi connectivity index (χ4n) is 3.54. The van der Waals surface area contributed by atoms with Crippen LogP contribution in [0.2, 0.25) is 0 Å². The maximum atomic E-state index is 12.7. The first kappa shape index (κ1) is 24.0. The van der Waals surface area contributed by atoms with Crippen molar-refractivity contribution in [2.45, 2.75) is 45.6 Å². The maximum absolute atomic E-state index is 12.7. The Morgan fingerprint density at radius 2 is 1.73 bits per heavy atom. The van der Waals surface area contributed by atoms with Crippen molar-refractivity contribution >= 4 is 17.6 Å². The molecule has 7 nitrogen and oxygen atoms in total. The summed E-state index contributed by atoms with van der Waals surface area (Å²) in [6.45, 7) is 4.50. The first-order valence-electron chi connectivity index (χ1n) is 11.4. The standard InChI is InChI=1S/C26H33N5O2/c1-19(2)27-26(33)28-22-15-13-21(14-16-22)25(32)31(3)17-9-5-8-12-23-18-24(30-29-23)20-10-6-4-7-11-20/h4,6-7,10-11,13-16,18-19H,5,8-9,12,17H2,1-3H3,(H,29,30)(H2,27,28,33). The molecule has 0 spiro atoms. The van der Waals surface area contributed by atoms with Gasteiger partial charge in [0, 0.05) is 42.1 Å². The molecule has 3 amide bonds. The van der Waals surface area contributed by atoms with E-state index in [0.29, 0.717) is 17.8 Å². The number of aromatic nitrogens is 2. The van der Waals surface area contributed by atoms with E-state index in [1.807, 2.05) is 39.1 Å². The molecule has 0 aliphatic heterocycles. The number of anilines is 1. The zero-order valence-corrected chi connectivity index (χ0v) is 19.6. The summed E-state index contributed by atoms with van der Waals surface area (Å²) in [5, 5.41) is 13.1. The Kier molecular flexibility index (Phi) is 8.63. The molecule has 0 saturated carbocycles. The molecular weight excluding hydrogens is 414 g/mol. The second-order valence-electron chi connectivity index (χ2n) is 8.51. The summed E-state index contributed by atoms with van der Waals surface area (Å²) in [5.74, 6) is -0.0192. The van der Waals surface area contributed by atoms with Crippen LogP contribution in [0.5, 0.6) is 0 Å². The van der Waals surface area contributed by atoms with Crippen LogP contribution in [0.3, 0.4) is 0 Å². The average molecular weight is 448 g/mol. The van der Waals surface area contributed by atoms with Crippen LogP contribution in [0.25, 0.3) is 11.3 Å². The van der Waals surface area contributed by atoms with Crippen LogP contribution in [0.4, 0.5) is 10.5 Å². The molecule has 0 aliphatic rings. The summed E-state index contributed by atoms with van der Waals surface area (Å²) in [6, 6.07) is 19.0. The zero-order chi connectivity index (χ0) is 23.6. The highest BCUT2D eigenvalue weighted by molar-refractivity contribution is 5.95. The average Bonchev–Trinajstić information content (AvgIpc) is 3.28. The number of benzene rings is 2. The van der Waals surface area contributed by atoms with Gasteiger partial charge in [-0.15, -0.1) is 0 Å². The first-order valence-corrected chi connectivity index (χ1v) is 11.4. The third kappa shape index (κ3) is 7.49. The summed E-state index contributed by atoms with van der Waals surface area (Å²) in [4.78, 5) is 26.2. The van der Waals surface area contributed by atoms with Gasteiger partial charge < -0.3 is 15.5 Å². The van der Waals surface area contributed by atoms with E-state index in [0.717, 1.165) is 42.6 Å². The number of aromatic amines is 1. The summed E-state index contributed by atoms with van der Waals surface area (Å²) in [7, 11) is 1.83. The van der Waals surface area contributed by atoms with Crippen molar-refractivity contribution in [2.75, 3.05) is 18.9 Å². The van der Waals surface area contributed by atoms with E-state index in [2.05, 4.69) is 39.0 Å². The molecule has 1 heterocycles. The number of carbonyl (C=O) groups excluding carboxylic acids is 2. The van der Waals surface area contributed by atoms with Gasteiger partial charge in [-0.25, -0.2) is 4.79 Å². The van der Waals surface area contributed by atoms with E-state index in [1.165, 1.54) is 0 Å². The van der Waals surface area contributed by atoms with Gasteiger partial charge in [0.25, 0.3) is 5.91 Å². The van der Waals surface area contributed by atoms with Crippen LogP contribution in [0.1, 0.15) is 49.2 Å². The van der Waals surface area contributed by atoms with E-state index in [-0.39, 0.29) is 18.0 Å². The first-order chi connectivity index (χ1) is 15.9. The van der Waals surface area contributed by atoms with Gasteiger partial charge in [-0.3, -0.25) is 9.89 Å². The van der Waals surface area contributed by atoms with Crippen LogP contribution in [0, 0.1) is 0 Å². The molecule has 3 N–H and O–H groups in total. The second-order valence-corrected chi connectivity index (χ2v) is 8.51. The van der Waals surface area contributed by atoms with Gasteiger partial charge in [0.05, 0.1) is 5.69 Å². The highest BCUT2D eigenvalue weighted by Crippen LogP contribution is 2.18. The zero-order valence-electron chi connectivity index (χ0n) is 19.6. The minimum atomic E-state index is -0.257. The molecule has 33 heavy (non-hydrogen) atoms. The lowest BCUT2D eigenvalue weighted by Crippen LogP contribution is -2.34. The predicted octanol–water partition coefficient (Wildman–Crippen LogP) is 5.09. The van der Waals surface area contributed by atoms with Crippen molar-refractivity contribution in [3.63, 3.8) is 0 Å². The Balaban J connectivity index is 1.37. The number of urea groups is 1. The quantitative estimate of drug-likeness (QED) is 0.378. The van der Waals surface area contributed by atoms with Crippen molar-refractivity contribution in [2.24, 2.45) is 0 Å². The highest BCUT2D eigenvalue weighted by atomic mass is 16.2. The molecule has 0 unspecified atom stereocenters. The SMILES string of the molecule is CC(C)NC(=O)Nc1ccc(C(=O)N(C)CCCCCc2cc(-c3ccccc3)n[nH]2)cc1. The van der Waals surface area contributed by atoms with Crippen molar-refractivity contribution in [1.82, 2.24) is 20.4 Å². The lowest BCUT2D eigenvalue weighted by molar-refractivity contribution is 0.0792. The number of hydrogen-bond donors (Lipinski definition) is 3. The molecule has 174 valence electrons. The fourth-order valence-corrected chi connectivity index (χ4v) is 3.54. The summed E-state index contributed by atoms with van der Waals surface area (Å²) >= 11 is 0. The normalized spacial score (nSPS) is 10.8. The van der Waals surface area contributed by atoms with Gasteiger partial charge in [-0.2, -0.15) is 5.10 Å². The van der Waals surface area contributed by atoms with Crippen LogP contribution in [-0.2, 0) is 6.42 Å². The van der Waals surface area contributed by atoms with Gasteiger partial charge in [-0.1, -0.05) is 36.8 Å². The number of unbranched alkanes of at least 4 members (excludes halogenated alkanes) is 2. The number of nitrogens with zero attached hydrogens (tertiary/aromatic N) is 2.